The Morgan fingerprint density at radius 2 is 1.47 bits per heavy atom. The standard InChI is InChI=1S/C12H23IO2/c1-12(2,3)14-8-10-4-6-11(7-5-10)9-15-13/h10-11H,4-9H2,1-3H3. The third kappa shape index (κ3) is 6.07. The van der Waals surface area contributed by atoms with Gasteiger partial charge >= 0.3 is 0 Å². The lowest BCUT2D eigenvalue weighted by molar-refractivity contribution is -0.0308. The molecule has 0 amide bonds. The molecule has 0 aromatic carbocycles. The summed E-state index contributed by atoms with van der Waals surface area (Å²) in [5, 5.41) is 0. The molecule has 0 heterocycles. The highest BCUT2D eigenvalue weighted by molar-refractivity contribution is 14.1. The Morgan fingerprint density at radius 3 is 1.87 bits per heavy atom. The summed E-state index contributed by atoms with van der Waals surface area (Å²) in [6.07, 6.45) is 5.23. The van der Waals surface area contributed by atoms with E-state index >= 15 is 0 Å². The fourth-order valence-electron chi connectivity index (χ4n) is 2.02. The lowest BCUT2D eigenvalue weighted by atomic mass is 9.83. The van der Waals surface area contributed by atoms with Gasteiger partial charge in [-0.1, -0.05) is 0 Å². The number of ether oxygens (including phenoxy) is 1. The first kappa shape index (κ1) is 13.7. The fourth-order valence-corrected chi connectivity index (χ4v) is 2.53. The van der Waals surface area contributed by atoms with Crippen LogP contribution in [0, 0.1) is 11.8 Å². The fraction of sp³-hybridized carbons (Fsp3) is 1.00. The summed E-state index contributed by atoms with van der Waals surface area (Å²) in [6, 6.07) is 0. The summed E-state index contributed by atoms with van der Waals surface area (Å²) >= 11 is 2.00. The van der Waals surface area contributed by atoms with Crippen LogP contribution in [0.4, 0.5) is 0 Å². The van der Waals surface area contributed by atoms with Gasteiger partial charge in [0.25, 0.3) is 0 Å². The molecule has 0 aromatic rings. The lowest BCUT2D eigenvalue weighted by Crippen LogP contribution is -2.26. The van der Waals surface area contributed by atoms with E-state index in [1.807, 2.05) is 23.0 Å². The molecule has 3 heteroatoms. The summed E-state index contributed by atoms with van der Waals surface area (Å²) < 4.78 is 11.0. The first-order valence-corrected chi connectivity index (χ1v) is 6.77. The van der Waals surface area contributed by atoms with Crippen LogP contribution in [0.15, 0.2) is 0 Å². The van der Waals surface area contributed by atoms with Crippen molar-refractivity contribution in [2.45, 2.75) is 52.1 Å². The number of hydrogen-bond acceptors (Lipinski definition) is 2. The van der Waals surface area contributed by atoms with Crippen LogP contribution in [-0.4, -0.2) is 18.8 Å². The van der Waals surface area contributed by atoms with Crippen molar-refractivity contribution < 1.29 is 7.80 Å². The van der Waals surface area contributed by atoms with Crippen LogP contribution < -0.4 is 0 Å². The number of rotatable bonds is 4. The van der Waals surface area contributed by atoms with E-state index in [1.165, 1.54) is 25.7 Å². The van der Waals surface area contributed by atoms with E-state index in [1.54, 1.807) is 0 Å². The minimum absolute atomic E-state index is 0.0160. The molecule has 2 nitrogen and oxygen atoms in total. The molecule has 0 N–H and O–H groups in total. The molecule has 1 aliphatic carbocycles. The Balaban J connectivity index is 2.15. The zero-order valence-corrected chi connectivity index (χ0v) is 12.2. The Kier molecular flexibility index (Phi) is 5.85. The molecule has 0 atom stereocenters. The normalized spacial score (nSPS) is 28.0. The molecule has 0 aliphatic heterocycles. The maximum absolute atomic E-state index is 5.83. The zero-order chi connectivity index (χ0) is 11.3. The van der Waals surface area contributed by atoms with Gasteiger partial charge in [0.2, 0.25) is 0 Å². The van der Waals surface area contributed by atoms with E-state index in [9.17, 15) is 0 Å². The van der Waals surface area contributed by atoms with Crippen LogP contribution in [0.2, 0.25) is 0 Å². The van der Waals surface area contributed by atoms with Gasteiger partial charge < -0.3 is 7.80 Å². The molecule has 0 aromatic heterocycles. The predicted octanol–water partition coefficient (Wildman–Crippen LogP) is 3.97. The second-order valence-corrected chi connectivity index (χ2v) is 6.21. The molecule has 1 saturated carbocycles. The van der Waals surface area contributed by atoms with Crippen molar-refractivity contribution in [2.24, 2.45) is 11.8 Å². The van der Waals surface area contributed by atoms with Gasteiger partial charge in [-0.15, -0.1) is 0 Å². The van der Waals surface area contributed by atoms with Crippen molar-refractivity contribution >= 4 is 23.0 Å². The van der Waals surface area contributed by atoms with Crippen molar-refractivity contribution in [2.75, 3.05) is 13.2 Å². The summed E-state index contributed by atoms with van der Waals surface area (Å²) in [5.74, 6) is 1.56. The summed E-state index contributed by atoms with van der Waals surface area (Å²) in [5.41, 5.74) is 0.0160. The molecule has 0 unspecified atom stereocenters. The Labute approximate surface area is 108 Å². The highest BCUT2D eigenvalue weighted by Gasteiger charge is 2.22. The quantitative estimate of drug-likeness (QED) is 0.728. The maximum Gasteiger partial charge on any atom is 0.109 e. The maximum atomic E-state index is 5.83. The third-order valence-corrected chi connectivity index (χ3v) is 3.38. The molecule has 0 radical (unpaired) electrons. The van der Waals surface area contributed by atoms with Gasteiger partial charge in [-0.25, -0.2) is 0 Å². The molecular formula is C12H23IO2. The molecule has 0 saturated heterocycles. The molecule has 90 valence electrons. The molecule has 1 aliphatic rings. The van der Waals surface area contributed by atoms with Gasteiger partial charge in [0.1, 0.15) is 23.0 Å². The Hall–Kier alpha value is 0.650. The van der Waals surface area contributed by atoms with Gasteiger partial charge in [-0.05, 0) is 58.3 Å². The molecule has 0 spiro atoms. The van der Waals surface area contributed by atoms with E-state index in [0.717, 1.165) is 25.0 Å². The van der Waals surface area contributed by atoms with Crippen LogP contribution in [0.3, 0.4) is 0 Å². The smallest absolute Gasteiger partial charge is 0.109 e. The van der Waals surface area contributed by atoms with Crippen molar-refractivity contribution in [3.8, 4) is 0 Å². The van der Waals surface area contributed by atoms with Crippen molar-refractivity contribution in [1.29, 1.82) is 0 Å². The second-order valence-electron chi connectivity index (χ2n) is 5.59. The Morgan fingerprint density at radius 1 is 1.00 bits per heavy atom. The van der Waals surface area contributed by atoms with Gasteiger partial charge in [-0.2, -0.15) is 0 Å². The minimum Gasteiger partial charge on any atom is -0.376 e. The summed E-state index contributed by atoms with van der Waals surface area (Å²) in [4.78, 5) is 0. The van der Waals surface area contributed by atoms with E-state index in [4.69, 9.17) is 7.80 Å². The first-order chi connectivity index (χ1) is 7.01. The van der Waals surface area contributed by atoms with Crippen molar-refractivity contribution in [3.05, 3.63) is 0 Å². The minimum atomic E-state index is 0.0160. The largest absolute Gasteiger partial charge is 0.376 e. The Bertz CT molecular complexity index is 169. The summed E-state index contributed by atoms with van der Waals surface area (Å²) in [7, 11) is 0. The first-order valence-electron chi connectivity index (χ1n) is 5.89. The van der Waals surface area contributed by atoms with Crippen LogP contribution in [0.25, 0.3) is 0 Å². The highest BCUT2D eigenvalue weighted by Crippen LogP contribution is 2.30. The van der Waals surface area contributed by atoms with Gasteiger partial charge in [0.15, 0.2) is 0 Å². The third-order valence-electron chi connectivity index (χ3n) is 3.02. The highest BCUT2D eigenvalue weighted by atomic mass is 127. The van der Waals surface area contributed by atoms with Gasteiger partial charge in [0, 0.05) is 0 Å². The van der Waals surface area contributed by atoms with Gasteiger partial charge in [0.05, 0.1) is 18.8 Å². The number of halogens is 1. The molecule has 1 fully saturated rings. The SMILES string of the molecule is CC(C)(C)OCC1CCC(COI)CC1. The average molecular weight is 326 g/mol. The van der Waals surface area contributed by atoms with Crippen LogP contribution in [-0.2, 0) is 7.80 Å². The van der Waals surface area contributed by atoms with E-state index in [0.29, 0.717) is 0 Å². The monoisotopic (exact) mass is 326 g/mol. The average Bonchev–Trinajstić information content (AvgIpc) is 2.16. The van der Waals surface area contributed by atoms with Crippen molar-refractivity contribution in [3.63, 3.8) is 0 Å². The second kappa shape index (κ2) is 6.40. The lowest BCUT2D eigenvalue weighted by Gasteiger charge is -2.30. The number of hydrogen-bond donors (Lipinski definition) is 0. The van der Waals surface area contributed by atoms with Crippen LogP contribution in [0.5, 0.6) is 0 Å². The van der Waals surface area contributed by atoms with Crippen molar-refractivity contribution in [1.82, 2.24) is 0 Å². The zero-order valence-electron chi connectivity index (χ0n) is 10.1. The molecular weight excluding hydrogens is 303 g/mol. The van der Waals surface area contributed by atoms with Gasteiger partial charge in [-0.3, -0.25) is 0 Å². The summed E-state index contributed by atoms with van der Waals surface area (Å²) in [6.45, 7) is 8.24. The van der Waals surface area contributed by atoms with E-state index < -0.39 is 0 Å². The molecule has 1 rings (SSSR count). The van der Waals surface area contributed by atoms with E-state index in [2.05, 4.69) is 20.8 Å². The van der Waals surface area contributed by atoms with E-state index in [-0.39, 0.29) is 5.60 Å². The van der Waals surface area contributed by atoms with Crippen LogP contribution >= 0.6 is 23.0 Å². The molecule has 0 bridgehead atoms. The predicted molar refractivity (Wildman–Crippen MR) is 71.1 cm³/mol. The topological polar surface area (TPSA) is 18.5 Å². The molecule has 15 heavy (non-hydrogen) atoms. The van der Waals surface area contributed by atoms with Crippen LogP contribution in [0.1, 0.15) is 46.5 Å².